The second-order valence-corrected chi connectivity index (χ2v) is 29.7. The summed E-state index contributed by atoms with van der Waals surface area (Å²) < 4.78 is 84.1. The summed E-state index contributed by atoms with van der Waals surface area (Å²) in [5, 5.41) is 22.4. The van der Waals surface area contributed by atoms with Gasteiger partial charge in [0.2, 0.25) is 29.5 Å². The van der Waals surface area contributed by atoms with Crippen molar-refractivity contribution in [2.75, 3.05) is 119 Å². The number of fused-ring (bicyclic) bond motifs is 6. The van der Waals surface area contributed by atoms with E-state index in [2.05, 4.69) is 41.3 Å². The fraction of sp³-hybridized carbons (Fsp3) is 0.733. The van der Waals surface area contributed by atoms with Gasteiger partial charge in [-0.1, -0.05) is 50.4 Å². The molecule has 29 heteroatoms. The van der Waals surface area contributed by atoms with E-state index in [0.717, 1.165) is 53.7 Å². The highest BCUT2D eigenvalue weighted by Crippen LogP contribution is 2.55. The lowest BCUT2D eigenvalue weighted by atomic mass is 9.81. The largest absolute Gasteiger partial charge is 0.391 e. The van der Waals surface area contributed by atoms with Crippen LogP contribution in [0.3, 0.4) is 0 Å². The van der Waals surface area contributed by atoms with Crippen LogP contribution in [0.5, 0.6) is 0 Å². The van der Waals surface area contributed by atoms with E-state index in [1.165, 1.54) is 12.2 Å². The van der Waals surface area contributed by atoms with Gasteiger partial charge in [0.1, 0.15) is 42.3 Å². The van der Waals surface area contributed by atoms with Crippen molar-refractivity contribution >= 4 is 47.1 Å². The van der Waals surface area contributed by atoms with E-state index in [9.17, 15) is 43.5 Å². The van der Waals surface area contributed by atoms with Crippen LogP contribution in [0, 0.1) is 11.8 Å². The Morgan fingerprint density at radius 2 is 1.32 bits per heavy atom. The van der Waals surface area contributed by atoms with Crippen LogP contribution in [0.25, 0.3) is 0 Å². The first kappa shape index (κ1) is 77.6. The fourth-order valence-corrected chi connectivity index (χ4v) is 16.8. The van der Waals surface area contributed by atoms with Crippen molar-refractivity contribution in [1.29, 1.82) is 0 Å². The van der Waals surface area contributed by atoms with Crippen molar-refractivity contribution in [2.45, 2.75) is 219 Å². The quantitative estimate of drug-likeness (QED) is 0.0967. The van der Waals surface area contributed by atoms with Gasteiger partial charge < -0.3 is 92.9 Å². The standard InChI is InChI=1S/C75H107N7O22/c1-45-33-51-12-14-56-46(2)34-53(97-56)18-19-75-40-61-70(103-75)71-72(102-61)73(104-75)69-57(101-71)15-13-52(99-69)36-49(83)37-54-59(39-58(98-51)47(45)3)100-60(68(54)92-4)38-50(84)41-76-62(85)42-78-74(91)55(35-48-9-6-5-7-10-48)79-63(86)43-77-64(87)44-80-21-25-93-29-31-95-27-23-81(24-28-96-32-30-94-26-22-80)65(88)11-8-20-82-66(89)16-17-67(82)90/h5-7,9-10,16-17,45,50-61,68-73,84H,2-3,8,11-15,18-44H2,1,4H3,(H,76,85)(H,77,87)(H,78,91)(H,79,86)/t45-,50+,51+,52-,53+,54+,55+,56+,57+,58-,59+,60-,61-,68-,69+,70+,71?,72?,73+,75+/m1/s1. The Balaban J connectivity index is 0.606. The molecular weight excluding hydrogens is 1350 g/mol. The molecule has 104 heavy (non-hydrogen) atoms. The van der Waals surface area contributed by atoms with Gasteiger partial charge in [-0.15, -0.1) is 0 Å². The molecule has 12 bridgehead atoms. The van der Waals surface area contributed by atoms with Crippen LogP contribution < -0.4 is 21.3 Å². The summed E-state index contributed by atoms with van der Waals surface area (Å²) in [6, 6.07) is 7.87. The summed E-state index contributed by atoms with van der Waals surface area (Å²) in [5.74, 6) is -4.46. The van der Waals surface area contributed by atoms with E-state index in [1.54, 1.807) is 36.3 Å². The van der Waals surface area contributed by atoms with Crippen LogP contribution in [-0.4, -0.2) is 295 Å². The number of imide groups is 1. The molecular formula is C75H107N7O22. The maximum atomic E-state index is 14.6. The first-order valence-electron chi connectivity index (χ1n) is 37.7. The summed E-state index contributed by atoms with van der Waals surface area (Å²) >= 11 is 0. The predicted octanol–water partition coefficient (Wildman–Crippen LogP) is 1.47. The number of nitrogens with zero attached hydrogens (tertiary/aromatic N) is 3. The molecule has 0 aromatic heterocycles. The molecule has 12 aliphatic rings. The minimum absolute atomic E-state index is 0.0158. The third-order valence-corrected chi connectivity index (χ3v) is 22.3. The monoisotopic (exact) mass is 1460 g/mol. The molecule has 13 rings (SSSR count). The van der Waals surface area contributed by atoms with Crippen LogP contribution in [0.15, 0.2) is 66.8 Å². The zero-order valence-electron chi connectivity index (χ0n) is 60.1. The highest BCUT2D eigenvalue weighted by molar-refractivity contribution is 6.12. The number of aliphatic hydroxyl groups excluding tert-OH is 1. The normalized spacial score (nSPS) is 35.3. The number of aliphatic hydroxyl groups is 1. The Morgan fingerprint density at radius 3 is 2.05 bits per heavy atom. The lowest BCUT2D eigenvalue weighted by Crippen LogP contribution is -2.61. The van der Waals surface area contributed by atoms with Crippen LogP contribution in [0.2, 0.25) is 0 Å². The van der Waals surface area contributed by atoms with Crippen molar-refractivity contribution < 1.29 is 105 Å². The van der Waals surface area contributed by atoms with E-state index in [1.807, 2.05) is 11.0 Å². The van der Waals surface area contributed by atoms with Gasteiger partial charge >= 0.3 is 0 Å². The summed E-state index contributed by atoms with van der Waals surface area (Å²) in [4.78, 5) is 110. The molecule has 29 nitrogen and oxygen atoms in total. The zero-order valence-corrected chi connectivity index (χ0v) is 60.1. The molecule has 7 amide bonds. The number of Topliss-reactive ketones (excluding diaryl/α,β-unsaturated/α-hetero) is 1. The number of hydrogen-bond acceptors (Lipinski definition) is 23. The molecule has 1 aromatic carbocycles. The van der Waals surface area contributed by atoms with E-state index in [-0.39, 0.29) is 189 Å². The number of methoxy groups -OCH3 is 1. The van der Waals surface area contributed by atoms with E-state index < -0.39 is 97.2 Å². The molecule has 20 atom stereocenters. The molecule has 1 aromatic rings. The number of ether oxygens (including phenoxy) is 13. The average molecular weight is 1460 g/mol. The number of rotatable bonds is 19. The summed E-state index contributed by atoms with van der Waals surface area (Å²) in [7, 11) is 1.58. The Kier molecular flexibility index (Phi) is 27.4. The Morgan fingerprint density at radius 1 is 0.654 bits per heavy atom. The number of ketones is 1. The second kappa shape index (κ2) is 36.7. The van der Waals surface area contributed by atoms with Gasteiger partial charge in [0, 0.05) is 116 Å². The molecule has 5 N–H and O–H groups in total. The first-order chi connectivity index (χ1) is 50.3. The minimum Gasteiger partial charge on any atom is -0.391 e. The number of carbonyl (C=O) groups excluding carboxylic acids is 8. The van der Waals surface area contributed by atoms with Crippen molar-refractivity contribution in [2.24, 2.45) is 11.8 Å². The van der Waals surface area contributed by atoms with Gasteiger partial charge in [-0.05, 0) is 74.0 Å². The molecule has 12 heterocycles. The number of hydrogen-bond donors (Lipinski definition) is 5. The van der Waals surface area contributed by atoms with Gasteiger partial charge in [-0.3, -0.25) is 48.2 Å². The lowest BCUT2D eigenvalue weighted by molar-refractivity contribution is -0.292. The smallest absolute Gasteiger partial charge is 0.253 e. The van der Waals surface area contributed by atoms with Gasteiger partial charge in [-0.2, -0.15) is 0 Å². The molecule has 0 aliphatic carbocycles. The van der Waals surface area contributed by atoms with Gasteiger partial charge in [0.25, 0.3) is 11.8 Å². The molecule has 2 unspecified atom stereocenters. The molecule has 574 valence electrons. The van der Waals surface area contributed by atoms with E-state index in [0.29, 0.717) is 64.7 Å². The lowest BCUT2D eigenvalue weighted by Gasteiger charge is -2.47. The Hall–Kier alpha value is -6.00. The Bertz CT molecular complexity index is 3160. The van der Waals surface area contributed by atoms with Crippen LogP contribution in [0.4, 0.5) is 0 Å². The molecule has 0 saturated carbocycles. The van der Waals surface area contributed by atoms with Gasteiger partial charge in [-0.25, -0.2) is 0 Å². The summed E-state index contributed by atoms with van der Waals surface area (Å²) in [6.45, 7) is 13.4. The maximum absolute atomic E-state index is 14.6. The minimum atomic E-state index is -1.14. The highest BCUT2D eigenvalue weighted by Gasteiger charge is 2.69. The van der Waals surface area contributed by atoms with Crippen molar-refractivity contribution in [1.82, 2.24) is 36.0 Å². The molecule has 0 radical (unpaired) electrons. The van der Waals surface area contributed by atoms with Crippen molar-refractivity contribution in [3.8, 4) is 0 Å². The SMILES string of the molecule is C=C1C[C@@H]2CC[C@@]34C[C@H]5OC6C(O[C@H]7CC[C@H](CC(=O)C[C@@H]8[C@@H](OC)[C@@H](C[C@H](O)CNC(=O)CNC(=O)[C@H](Cc9ccccc9)NC(=O)CNC(=O)CN9CCOCCOCCN(C(=O)CCCN%10C(=O)C=CC%10=O)CCOCCOCC9)O[C@H]8C[C@H]8O[C@@H](CC[C@@H]1O2)C[C@@H](C)C8=C)O[C@@H]7[C@@H]6O3)[C@H]5O4. The van der Waals surface area contributed by atoms with Gasteiger partial charge in [0.05, 0.1) is 140 Å². The molecule has 11 fully saturated rings. The highest BCUT2D eigenvalue weighted by atomic mass is 16.8. The first-order valence-corrected chi connectivity index (χ1v) is 37.7. The number of benzene rings is 1. The van der Waals surface area contributed by atoms with Crippen LogP contribution in [-0.2, 0) is 106 Å². The van der Waals surface area contributed by atoms with E-state index >= 15 is 0 Å². The van der Waals surface area contributed by atoms with Crippen molar-refractivity contribution in [3.63, 3.8) is 0 Å². The van der Waals surface area contributed by atoms with Crippen LogP contribution >= 0.6 is 0 Å². The van der Waals surface area contributed by atoms with Crippen molar-refractivity contribution in [3.05, 3.63) is 72.4 Å². The van der Waals surface area contributed by atoms with Crippen LogP contribution in [0.1, 0.15) is 109 Å². The second-order valence-electron chi connectivity index (χ2n) is 29.7. The van der Waals surface area contributed by atoms with E-state index in [4.69, 9.17) is 61.6 Å². The topological polar surface area (TPSA) is 335 Å². The maximum Gasteiger partial charge on any atom is 0.253 e. The third kappa shape index (κ3) is 20.2. The number of amides is 7. The Labute approximate surface area is 608 Å². The fourth-order valence-electron chi connectivity index (χ4n) is 16.8. The molecule has 12 aliphatic heterocycles. The number of carbonyl (C=O) groups is 8. The number of nitrogens with one attached hydrogen (secondary N) is 4. The summed E-state index contributed by atoms with van der Waals surface area (Å²) in [5.41, 5.74) is 2.76. The van der Waals surface area contributed by atoms with Gasteiger partial charge in [0.15, 0.2) is 5.79 Å². The molecule has 11 saturated heterocycles. The third-order valence-electron chi connectivity index (χ3n) is 22.3. The average Bonchev–Trinajstić information content (AvgIpc) is 1.55. The summed E-state index contributed by atoms with van der Waals surface area (Å²) in [6.07, 6.45) is 3.90. The molecule has 1 spiro atoms. The zero-order chi connectivity index (χ0) is 72.9. The predicted molar refractivity (Wildman–Crippen MR) is 370 cm³/mol.